The summed E-state index contributed by atoms with van der Waals surface area (Å²) in [5.41, 5.74) is -0.943. The number of hydrogen-bond donors (Lipinski definition) is 0. The van der Waals surface area contributed by atoms with Gasteiger partial charge in [0.15, 0.2) is 0 Å². The second-order valence-corrected chi connectivity index (χ2v) is 4.14. The van der Waals surface area contributed by atoms with Gasteiger partial charge in [0.1, 0.15) is 5.41 Å². The SMILES string of the molecule is N#CC1(c2ncccc2Cl)CC(F)(F)C1. The number of rotatable bonds is 1. The fourth-order valence-corrected chi connectivity index (χ4v) is 2.17. The van der Waals surface area contributed by atoms with E-state index in [0.717, 1.165) is 0 Å². The molecule has 0 N–H and O–H groups in total. The van der Waals surface area contributed by atoms with Crippen LogP contribution in [0, 0.1) is 11.3 Å². The van der Waals surface area contributed by atoms with Crippen molar-refractivity contribution in [3.63, 3.8) is 0 Å². The Hall–Kier alpha value is -1.21. The van der Waals surface area contributed by atoms with Gasteiger partial charge in [0, 0.05) is 19.0 Å². The lowest BCUT2D eigenvalue weighted by molar-refractivity contribution is -0.110. The fourth-order valence-electron chi connectivity index (χ4n) is 1.87. The lowest BCUT2D eigenvalue weighted by atomic mass is 9.65. The van der Waals surface area contributed by atoms with Gasteiger partial charge in [-0.25, -0.2) is 8.78 Å². The molecule has 5 heteroatoms. The average molecular weight is 229 g/mol. The lowest BCUT2D eigenvalue weighted by Gasteiger charge is -2.41. The zero-order valence-electron chi connectivity index (χ0n) is 7.67. The topological polar surface area (TPSA) is 36.7 Å². The van der Waals surface area contributed by atoms with E-state index in [4.69, 9.17) is 16.9 Å². The molecule has 2 rings (SSSR count). The van der Waals surface area contributed by atoms with Crippen LogP contribution in [-0.4, -0.2) is 10.9 Å². The Bertz CT molecular complexity index is 431. The van der Waals surface area contributed by atoms with E-state index in [1.165, 1.54) is 6.20 Å². The first-order valence-corrected chi connectivity index (χ1v) is 4.77. The Morgan fingerprint density at radius 3 is 2.60 bits per heavy atom. The Labute approximate surface area is 90.5 Å². The second-order valence-electron chi connectivity index (χ2n) is 3.74. The summed E-state index contributed by atoms with van der Waals surface area (Å²) in [6.45, 7) is 0. The van der Waals surface area contributed by atoms with Crippen molar-refractivity contribution in [3.8, 4) is 6.07 Å². The number of pyridine rings is 1. The van der Waals surface area contributed by atoms with Crippen molar-refractivity contribution in [1.29, 1.82) is 5.26 Å². The summed E-state index contributed by atoms with van der Waals surface area (Å²) >= 11 is 5.83. The van der Waals surface area contributed by atoms with Crippen LogP contribution in [0.25, 0.3) is 0 Å². The minimum absolute atomic E-state index is 0.264. The summed E-state index contributed by atoms with van der Waals surface area (Å²) in [5.74, 6) is -2.77. The van der Waals surface area contributed by atoms with E-state index in [9.17, 15) is 8.78 Å². The summed E-state index contributed by atoms with van der Waals surface area (Å²) < 4.78 is 25.6. The van der Waals surface area contributed by atoms with E-state index in [0.29, 0.717) is 0 Å². The molecule has 0 radical (unpaired) electrons. The van der Waals surface area contributed by atoms with Gasteiger partial charge < -0.3 is 0 Å². The molecule has 0 unspecified atom stereocenters. The quantitative estimate of drug-likeness (QED) is 0.741. The number of alkyl halides is 2. The first-order chi connectivity index (χ1) is 6.99. The first kappa shape index (κ1) is 10.3. The van der Waals surface area contributed by atoms with Crippen LogP contribution in [-0.2, 0) is 5.41 Å². The molecular formula is C10H7ClF2N2. The van der Waals surface area contributed by atoms with Crippen molar-refractivity contribution in [1.82, 2.24) is 4.98 Å². The molecule has 15 heavy (non-hydrogen) atoms. The Morgan fingerprint density at radius 2 is 2.13 bits per heavy atom. The first-order valence-electron chi connectivity index (χ1n) is 4.39. The molecule has 0 aliphatic heterocycles. The molecule has 1 aromatic heterocycles. The van der Waals surface area contributed by atoms with Crippen LogP contribution in [0.5, 0.6) is 0 Å². The predicted octanol–water partition coefficient (Wildman–Crippen LogP) is 2.93. The molecule has 1 heterocycles. The lowest BCUT2D eigenvalue weighted by Crippen LogP contribution is -2.49. The van der Waals surface area contributed by atoms with Crippen LogP contribution < -0.4 is 0 Å². The molecule has 1 aromatic rings. The van der Waals surface area contributed by atoms with E-state index in [2.05, 4.69) is 4.98 Å². The molecule has 78 valence electrons. The highest BCUT2D eigenvalue weighted by Crippen LogP contribution is 2.53. The highest BCUT2D eigenvalue weighted by molar-refractivity contribution is 6.31. The van der Waals surface area contributed by atoms with Gasteiger partial charge in [-0.2, -0.15) is 5.26 Å². The van der Waals surface area contributed by atoms with Gasteiger partial charge in [0.2, 0.25) is 0 Å². The third-order valence-corrected chi connectivity index (χ3v) is 2.85. The molecule has 1 aliphatic rings. The van der Waals surface area contributed by atoms with Crippen molar-refractivity contribution in [2.24, 2.45) is 0 Å². The van der Waals surface area contributed by atoms with Crippen LogP contribution in [0.2, 0.25) is 5.02 Å². The van der Waals surface area contributed by atoms with Gasteiger partial charge >= 0.3 is 0 Å². The molecule has 2 nitrogen and oxygen atoms in total. The molecule has 0 amide bonds. The van der Waals surface area contributed by atoms with E-state index in [-0.39, 0.29) is 10.7 Å². The average Bonchev–Trinajstić information content (AvgIpc) is 2.14. The maximum Gasteiger partial charge on any atom is 0.252 e. The highest BCUT2D eigenvalue weighted by atomic mass is 35.5. The summed E-state index contributed by atoms with van der Waals surface area (Å²) in [5, 5.41) is 9.24. The zero-order valence-corrected chi connectivity index (χ0v) is 8.43. The molecular weight excluding hydrogens is 222 g/mol. The van der Waals surface area contributed by atoms with Crippen LogP contribution in [0.15, 0.2) is 18.3 Å². The molecule has 1 fully saturated rings. The highest BCUT2D eigenvalue weighted by Gasteiger charge is 2.59. The van der Waals surface area contributed by atoms with Crippen molar-refractivity contribution in [2.75, 3.05) is 0 Å². The predicted molar refractivity (Wildman–Crippen MR) is 50.7 cm³/mol. The van der Waals surface area contributed by atoms with Crippen LogP contribution in [0.4, 0.5) is 8.78 Å². The standard InChI is InChI=1S/C10H7ClF2N2/c11-7-2-1-3-15-8(7)9(6-14)4-10(12,13)5-9/h1-3H,4-5H2. The molecule has 0 atom stereocenters. The number of nitrogens with zero attached hydrogens (tertiary/aromatic N) is 2. The van der Waals surface area contributed by atoms with Gasteiger partial charge in [0.05, 0.1) is 16.8 Å². The van der Waals surface area contributed by atoms with Crippen molar-refractivity contribution in [3.05, 3.63) is 29.0 Å². The van der Waals surface area contributed by atoms with Crippen molar-refractivity contribution < 1.29 is 8.78 Å². The van der Waals surface area contributed by atoms with Crippen LogP contribution >= 0.6 is 11.6 Å². The van der Waals surface area contributed by atoms with Gasteiger partial charge in [-0.15, -0.1) is 0 Å². The van der Waals surface area contributed by atoms with E-state index in [1.54, 1.807) is 12.1 Å². The monoisotopic (exact) mass is 228 g/mol. The minimum atomic E-state index is -2.77. The van der Waals surface area contributed by atoms with Crippen molar-refractivity contribution >= 4 is 11.6 Å². The van der Waals surface area contributed by atoms with Gasteiger partial charge in [0.25, 0.3) is 5.92 Å². The summed E-state index contributed by atoms with van der Waals surface area (Å²) in [4.78, 5) is 3.92. The van der Waals surface area contributed by atoms with Gasteiger partial charge in [-0.3, -0.25) is 4.98 Å². The molecule has 1 saturated carbocycles. The summed E-state index contributed by atoms with van der Waals surface area (Å²) in [6.07, 6.45) is 0.469. The number of hydrogen-bond acceptors (Lipinski definition) is 2. The Morgan fingerprint density at radius 1 is 1.47 bits per heavy atom. The van der Waals surface area contributed by atoms with E-state index in [1.807, 2.05) is 6.07 Å². The number of halogens is 3. The van der Waals surface area contributed by atoms with Crippen LogP contribution in [0.3, 0.4) is 0 Å². The molecule has 0 saturated heterocycles. The maximum absolute atomic E-state index is 12.8. The normalized spacial score (nSPS) is 21.5. The van der Waals surface area contributed by atoms with Gasteiger partial charge in [-0.1, -0.05) is 11.6 Å². The van der Waals surface area contributed by atoms with Crippen LogP contribution in [0.1, 0.15) is 18.5 Å². The molecule has 1 aliphatic carbocycles. The largest absolute Gasteiger partial charge is 0.258 e. The Kier molecular flexibility index (Phi) is 2.16. The fraction of sp³-hybridized carbons (Fsp3) is 0.400. The minimum Gasteiger partial charge on any atom is -0.258 e. The smallest absolute Gasteiger partial charge is 0.252 e. The third kappa shape index (κ3) is 1.57. The second kappa shape index (κ2) is 3.14. The summed E-state index contributed by atoms with van der Waals surface area (Å²) in [6, 6.07) is 5.06. The third-order valence-electron chi connectivity index (χ3n) is 2.55. The molecule has 0 bridgehead atoms. The maximum atomic E-state index is 12.8. The molecule has 0 spiro atoms. The summed E-state index contributed by atoms with van der Waals surface area (Å²) in [7, 11) is 0. The Balaban J connectivity index is 2.39. The van der Waals surface area contributed by atoms with E-state index < -0.39 is 24.2 Å². The number of nitriles is 1. The number of aromatic nitrogens is 1. The molecule has 0 aromatic carbocycles. The van der Waals surface area contributed by atoms with Crippen molar-refractivity contribution in [2.45, 2.75) is 24.2 Å². The van der Waals surface area contributed by atoms with E-state index >= 15 is 0 Å². The zero-order chi connectivity index (χ0) is 11.1. The van der Waals surface area contributed by atoms with Gasteiger partial charge in [-0.05, 0) is 12.1 Å².